The Kier molecular flexibility index (Phi) is 4.43. The molecule has 2 rings (SSSR count). The van der Waals surface area contributed by atoms with Crippen molar-refractivity contribution in [1.82, 2.24) is 0 Å². The van der Waals surface area contributed by atoms with Crippen molar-refractivity contribution in [3.05, 3.63) is 53.8 Å². The molecule has 2 aromatic carbocycles. The third kappa shape index (κ3) is 2.84. The number of phenols is 1. The molecule has 0 amide bonds. The summed E-state index contributed by atoms with van der Waals surface area (Å²) in [6.45, 7) is 6.21. The second-order valence-electron chi connectivity index (χ2n) is 5.52. The van der Waals surface area contributed by atoms with Crippen LogP contribution in [0.2, 0.25) is 0 Å². The van der Waals surface area contributed by atoms with E-state index >= 15 is 0 Å². The Morgan fingerprint density at radius 3 is 2.30 bits per heavy atom. The van der Waals surface area contributed by atoms with Gasteiger partial charge in [0.25, 0.3) is 0 Å². The summed E-state index contributed by atoms with van der Waals surface area (Å²) in [5, 5.41) is 10.2. The van der Waals surface area contributed by atoms with E-state index in [2.05, 4.69) is 13.8 Å². The van der Waals surface area contributed by atoms with Crippen molar-refractivity contribution in [2.75, 3.05) is 0 Å². The number of halogens is 1. The molecule has 0 saturated heterocycles. The van der Waals surface area contributed by atoms with Gasteiger partial charge >= 0.3 is 0 Å². The molecular formula is C18H21FO. The lowest BCUT2D eigenvalue weighted by Crippen LogP contribution is -2.08. The molecule has 0 radical (unpaired) electrons. The van der Waals surface area contributed by atoms with E-state index in [1.165, 1.54) is 6.07 Å². The van der Waals surface area contributed by atoms with E-state index in [0.717, 1.165) is 12.0 Å². The van der Waals surface area contributed by atoms with Crippen LogP contribution in [0.25, 0.3) is 11.1 Å². The molecule has 1 nitrogen and oxygen atoms in total. The number of rotatable bonds is 4. The third-order valence-corrected chi connectivity index (χ3v) is 3.84. The van der Waals surface area contributed by atoms with E-state index in [4.69, 9.17) is 0 Å². The molecule has 1 N–H and O–H groups in total. The molecule has 0 aliphatic carbocycles. The van der Waals surface area contributed by atoms with Gasteiger partial charge in [-0.15, -0.1) is 0 Å². The lowest BCUT2D eigenvalue weighted by Gasteiger charge is -2.21. The minimum atomic E-state index is -0.234. The molecule has 0 aliphatic rings. The van der Waals surface area contributed by atoms with E-state index < -0.39 is 0 Å². The maximum Gasteiger partial charge on any atom is 0.127 e. The monoisotopic (exact) mass is 272 g/mol. The van der Waals surface area contributed by atoms with Crippen LogP contribution in [0.1, 0.15) is 38.7 Å². The van der Waals surface area contributed by atoms with Crippen LogP contribution in [0.5, 0.6) is 5.75 Å². The number of hydrogen-bond acceptors (Lipinski definition) is 1. The Bertz CT molecular complexity index is 575. The second kappa shape index (κ2) is 6.08. The van der Waals surface area contributed by atoms with Crippen molar-refractivity contribution in [1.29, 1.82) is 0 Å². The molecule has 0 bridgehead atoms. The van der Waals surface area contributed by atoms with Gasteiger partial charge in [0.15, 0.2) is 0 Å². The smallest absolute Gasteiger partial charge is 0.127 e. The van der Waals surface area contributed by atoms with Gasteiger partial charge in [0.1, 0.15) is 11.6 Å². The summed E-state index contributed by atoms with van der Waals surface area (Å²) in [4.78, 5) is 0. The van der Waals surface area contributed by atoms with Gasteiger partial charge in [0.05, 0.1) is 0 Å². The average molecular weight is 272 g/mol. The molecular weight excluding hydrogens is 251 g/mol. The topological polar surface area (TPSA) is 20.2 Å². The minimum absolute atomic E-state index is 0.130. The molecule has 106 valence electrons. The van der Waals surface area contributed by atoms with Crippen LogP contribution in [0.3, 0.4) is 0 Å². The predicted molar refractivity (Wildman–Crippen MR) is 81.4 cm³/mol. The zero-order valence-electron chi connectivity index (χ0n) is 12.2. The van der Waals surface area contributed by atoms with Crippen LogP contribution < -0.4 is 0 Å². The van der Waals surface area contributed by atoms with Crippen molar-refractivity contribution < 1.29 is 9.50 Å². The summed E-state index contributed by atoms with van der Waals surface area (Å²) in [6.07, 6.45) is 0.860. The zero-order valence-corrected chi connectivity index (χ0v) is 12.2. The van der Waals surface area contributed by atoms with Gasteiger partial charge in [-0.25, -0.2) is 4.39 Å². The number of hydrogen-bond donors (Lipinski definition) is 1. The summed E-state index contributed by atoms with van der Waals surface area (Å²) in [5.41, 5.74) is 1.98. The van der Waals surface area contributed by atoms with Gasteiger partial charge in [-0.1, -0.05) is 51.1 Å². The fourth-order valence-electron chi connectivity index (χ4n) is 2.76. The Labute approximate surface area is 120 Å². The summed E-state index contributed by atoms with van der Waals surface area (Å²) in [6, 6.07) is 12.4. The number of aromatic hydroxyl groups is 1. The van der Waals surface area contributed by atoms with Crippen LogP contribution in [0, 0.1) is 11.7 Å². The van der Waals surface area contributed by atoms with E-state index in [-0.39, 0.29) is 17.5 Å². The second-order valence-corrected chi connectivity index (χ2v) is 5.52. The first-order chi connectivity index (χ1) is 9.54. The number of benzene rings is 2. The maximum absolute atomic E-state index is 14.4. The Hall–Kier alpha value is -1.83. The predicted octanol–water partition coefficient (Wildman–Crippen LogP) is 5.35. The maximum atomic E-state index is 14.4. The molecule has 0 aromatic heterocycles. The molecule has 1 unspecified atom stereocenters. The molecule has 0 spiro atoms. The summed E-state index contributed by atoms with van der Waals surface area (Å²) in [5.74, 6) is 0.385. The third-order valence-electron chi connectivity index (χ3n) is 3.84. The minimum Gasteiger partial charge on any atom is -0.507 e. The van der Waals surface area contributed by atoms with Crippen LogP contribution in [-0.2, 0) is 0 Å². The Morgan fingerprint density at radius 1 is 1.10 bits per heavy atom. The molecule has 0 fully saturated rings. The van der Waals surface area contributed by atoms with Gasteiger partial charge < -0.3 is 5.11 Å². The molecule has 1 atom stereocenters. The van der Waals surface area contributed by atoms with Gasteiger partial charge in [-0.3, -0.25) is 0 Å². The molecule has 0 aliphatic heterocycles. The Morgan fingerprint density at radius 2 is 1.75 bits per heavy atom. The van der Waals surface area contributed by atoms with Gasteiger partial charge in [-0.2, -0.15) is 0 Å². The first-order valence-electron chi connectivity index (χ1n) is 7.12. The van der Waals surface area contributed by atoms with Crippen LogP contribution in [0.4, 0.5) is 4.39 Å². The van der Waals surface area contributed by atoms with Crippen LogP contribution >= 0.6 is 0 Å². The van der Waals surface area contributed by atoms with Crippen molar-refractivity contribution in [2.24, 2.45) is 5.92 Å². The van der Waals surface area contributed by atoms with Crippen molar-refractivity contribution in [2.45, 2.75) is 33.1 Å². The van der Waals surface area contributed by atoms with Gasteiger partial charge in [-0.05, 0) is 41.5 Å². The van der Waals surface area contributed by atoms with Crippen molar-refractivity contribution >= 4 is 0 Å². The first kappa shape index (κ1) is 14.6. The van der Waals surface area contributed by atoms with E-state index in [1.807, 2.05) is 37.3 Å². The lowest BCUT2D eigenvalue weighted by molar-refractivity contribution is 0.446. The highest BCUT2D eigenvalue weighted by Gasteiger charge is 2.20. The van der Waals surface area contributed by atoms with E-state index in [0.29, 0.717) is 17.0 Å². The SMILES string of the molecule is CCC(c1cc(O)c(-c2ccccc2)cc1F)C(C)C. The molecule has 0 saturated carbocycles. The van der Waals surface area contributed by atoms with Gasteiger partial charge in [0, 0.05) is 5.56 Å². The fourth-order valence-corrected chi connectivity index (χ4v) is 2.76. The van der Waals surface area contributed by atoms with Crippen LogP contribution in [0.15, 0.2) is 42.5 Å². The van der Waals surface area contributed by atoms with Crippen molar-refractivity contribution in [3.8, 4) is 16.9 Å². The molecule has 20 heavy (non-hydrogen) atoms. The quantitative estimate of drug-likeness (QED) is 0.795. The average Bonchev–Trinajstić information content (AvgIpc) is 2.43. The largest absolute Gasteiger partial charge is 0.507 e. The highest BCUT2D eigenvalue weighted by Crippen LogP contribution is 2.37. The highest BCUT2D eigenvalue weighted by atomic mass is 19.1. The fraction of sp³-hybridized carbons (Fsp3) is 0.333. The molecule has 0 heterocycles. The Balaban J connectivity index is 2.49. The normalized spacial score (nSPS) is 12.7. The highest BCUT2D eigenvalue weighted by molar-refractivity contribution is 5.70. The van der Waals surface area contributed by atoms with Crippen LogP contribution in [-0.4, -0.2) is 5.11 Å². The summed E-state index contributed by atoms with van der Waals surface area (Å²) < 4.78 is 14.4. The van der Waals surface area contributed by atoms with Gasteiger partial charge in [0.2, 0.25) is 0 Å². The lowest BCUT2D eigenvalue weighted by atomic mass is 9.85. The first-order valence-corrected chi connectivity index (χ1v) is 7.12. The summed E-state index contributed by atoms with van der Waals surface area (Å²) in [7, 11) is 0. The van der Waals surface area contributed by atoms with E-state index in [9.17, 15) is 9.50 Å². The standard InChI is InChI=1S/C18H21FO/c1-4-14(12(2)3)16-11-18(20)15(10-17(16)19)13-8-6-5-7-9-13/h5-12,14,20H,4H2,1-3H3. The number of phenolic OH excluding ortho intramolecular Hbond substituents is 1. The van der Waals surface area contributed by atoms with Crippen molar-refractivity contribution in [3.63, 3.8) is 0 Å². The van der Waals surface area contributed by atoms with E-state index in [1.54, 1.807) is 6.07 Å². The molecule has 2 aromatic rings. The molecule has 2 heteroatoms. The zero-order chi connectivity index (χ0) is 14.7. The summed E-state index contributed by atoms with van der Waals surface area (Å²) >= 11 is 0.